The molecule has 0 N–H and O–H groups in total. The molecule has 0 saturated heterocycles. The Kier molecular flexibility index (Phi) is 5.46. The number of para-hydroxylation sites is 1. The Bertz CT molecular complexity index is 1910. The Morgan fingerprint density at radius 2 is 0.947 bits per heavy atom. The Morgan fingerprint density at radius 1 is 0.447 bits per heavy atom. The molecule has 2 aromatic heterocycles. The van der Waals surface area contributed by atoms with Crippen LogP contribution in [0.1, 0.15) is 0 Å². The average molecular weight is 509 g/mol. The molecule has 0 fully saturated rings. The molecule has 2 heterocycles. The number of nitrogens with zero attached hydrogens (tertiary/aromatic N) is 4. The summed E-state index contributed by atoms with van der Waals surface area (Å²) >= 11 is 6.37. The van der Waals surface area contributed by atoms with Crippen molar-refractivity contribution < 1.29 is 0 Å². The van der Waals surface area contributed by atoms with Gasteiger partial charge >= 0.3 is 0 Å². The molecular weight excluding hydrogens is 488 g/mol. The van der Waals surface area contributed by atoms with Crippen LogP contribution in [0.5, 0.6) is 0 Å². The predicted molar refractivity (Wildman–Crippen MR) is 155 cm³/mol. The van der Waals surface area contributed by atoms with Gasteiger partial charge in [-0.25, -0.2) is 4.98 Å². The summed E-state index contributed by atoms with van der Waals surface area (Å²) in [4.78, 5) is 13.6. The van der Waals surface area contributed by atoms with Crippen LogP contribution in [0.25, 0.3) is 61.4 Å². The number of rotatable bonds is 4. The second kappa shape index (κ2) is 9.25. The van der Waals surface area contributed by atoms with E-state index in [-0.39, 0.29) is 5.28 Å². The highest BCUT2D eigenvalue weighted by Gasteiger charge is 2.16. The number of fused-ring (bicyclic) bond motifs is 3. The highest BCUT2D eigenvalue weighted by Crippen LogP contribution is 2.37. The Balaban J connectivity index is 1.47. The zero-order valence-electron chi connectivity index (χ0n) is 20.3. The van der Waals surface area contributed by atoms with Crippen LogP contribution in [0.4, 0.5) is 0 Å². The molecule has 0 saturated carbocycles. The molecule has 5 aromatic carbocycles. The molecule has 38 heavy (non-hydrogen) atoms. The molecular formula is C33H21ClN4. The lowest BCUT2D eigenvalue weighted by molar-refractivity contribution is 1.07. The van der Waals surface area contributed by atoms with Gasteiger partial charge in [-0.2, -0.15) is 9.97 Å². The van der Waals surface area contributed by atoms with Gasteiger partial charge < -0.3 is 4.57 Å². The van der Waals surface area contributed by atoms with Gasteiger partial charge in [0, 0.05) is 27.6 Å². The highest BCUT2D eigenvalue weighted by molar-refractivity contribution is 6.28. The van der Waals surface area contributed by atoms with Crippen molar-refractivity contribution in [3.8, 4) is 39.6 Å². The minimum atomic E-state index is 0.173. The van der Waals surface area contributed by atoms with Crippen molar-refractivity contribution in [2.24, 2.45) is 0 Å². The normalized spacial score (nSPS) is 11.3. The topological polar surface area (TPSA) is 43.6 Å². The molecule has 0 radical (unpaired) electrons. The molecule has 0 amide bonds. The molecule has 7 rings (SSSR count). The lowest BCUT2D eigenvalue weighted by Crippen LogP contribution is -1.97. The van der Waals surface area contributed by atoms with Crippen LogP contribution in [0.3, 0.4) is 0 Å². The Labute approximate surface area is 224 Å². The summed E-state index contributed by atoms with van der Waals surface area (Å²) in [5.74, 6) is 1.10. The standard InChI is InChI=1S/C33H21ClN4/c34-33-36-31(23-12-6-2-7-13-23)35-32(37-33)25-17-19-30-28(21-25)27-20-24(22-10-4-1-5-11-22)16-18-29(27)38(30)26-14-8-3-9-15-26/h1-21H. The van der Waals surface area contributed by atoms with Crippen molar-refractivity contribution in [2.45, 2.75) is 0 Å². The highest BCUT2D eigenvalue weighted by atomic mass is 35.5. The maximum atomic E-state index is 6.37. The maximum Gasteiger partial charge on any atom is 0.226 e. The molecule has 0 unspecified atom stereocenters. The van der Waals surface area contributed by atoms with E-state index >= 15 is 0 Å². The first-order valence-corrected chi connectivity index (χ1v) is 12.8. The van der Waals surface area contributed by atoms with E-state index in [0.29, 0.717) is 11.6 Å². The van der Waals surface area contributed by atoms with Crippen molar-refractivity contribution in [2.75, 3.05) is 0 Å². The maximum absolute atomic E-state index is 6.37. The smallest absolute Gasteiger partial charge is 0.226 e. The first kappa shape index (κ1) is 22.4. The summed E-state index contributed by atoms with van der Waals surface area (Å²) in [5, 5.41) is 2.46. The monoisotopic (exact) mass is 508 g/mol. The molecule has 5 heteroatoms. The minimum absolute atomic E-state index is 0.173. The molecule has 0 spiro atoms. The van der Waals surface area contributed by atoms with Crippen molar-refractivity contribution in [3.63, 3.8) is 0 Å². The third kappa shape index (κ3) is 3.92. The first-order valence-electron chi connectivity index (χ1n) is 12.4. The minimum Gasteiger partial charge on any atom is -0.309 e. The second-order valence-corrected chi connectivity index (χ2v) is 9.46. The SMILES string of the molecule is Clc1nc(-c2ccccc2)nc(-c2ccc3c(c2)c2cc(-c4ccccc4)ccc2n3-c2ccccc2)n1. The van der Waals surface area contributed by atoms with E-state index in [4.69, 9.17) is 16.6 Å². The lowest BCUT2D eigenvalue weighted by atomic mass is 10.0. The van der Waals surface area contributed by atoms with E-state index < -0.39 is 0 Å². The summed E-state index contributed by atoms with van der Waals surface area (Å²) in [5.41, 5.74) is 7.50. The van der Waals surface area contributed by atoms with Crippen molar-refractivity contribution in [1.29, 1.82) is 0 Å². The van der Waals surface area contributed by atoms with E-state index in [0.717, 1.165) is 38.6 Å². The van der Waals surface area contributed by atoms with Gasteiger partial charge in [0.15, 0.2) is 11.6 Å². The number of benzene rings is 5. The third-order valence-electron chi connectivity index (χ3n) is 6.78. The molecule has 0 aliphatic heterocycles. The molecule has 0 atom stereocenters. The van der Waals surface area contributed by atoms with Crippen molar-refractivity contribution >= 4 is 33.4 Å². The Morgan fingerprint density at radius 3 is 1.58 bits per heavy atom. The fourth-order valence-electron chi connectivity index (χ4n) is 5.02. The van der Waals surface area contributed by atoms with Crippen LogP contribution in [-0.2, 0) is 0 Å². The van der Waals surface area contributed by atoms with E-state index in [1.165, 1.54) is 11.1 Å². The number of hydrogen-bond acceptors (Lipinski definition) is 3. The molecule has 0 aliphatic carbocycles. The van der Waals surface area contributed by atoms with Crippen LogP contribution >= 0.6 is 11.6 Å². The largest absolute Gasteiger partial charge is 0.309 e. The second-order valence-electron chi connectivity index (χ2n) is 9.12. The van der Waals surface area contributed by atoms with Gasteiger partial charge in [-0.15, -0.1) is 0 Å². The summed E-state index contributed by atoms with van der Waals surface area (Å²) in [6.45, 7) is 0. The number of halogens is 1. The predicted octanol–water partition coefficient (Wildman–Crippen LogP) is 8.62. The van der Waals surface area contributed by atoms with Crippen LogP contribution in [0, 0.1) is 0 Å². The first-order chi connectivity index (χ1) is 18.7. The Hall–Kier alpha value is -4.80. The summed E-state index contributed by atoms with van der Waals surface area (Å²) in [6.07, 6.45) is 0. The van der Waals surface area contributed by atoms with E-state index in [2.05, 4.69) is 99.5 Å². The average Bonchev–Trinajstić information content (AvgIpc) is 3.31. The van der Waals surface area contributed by atoms with Crippen molar-refractivity contribution in [1.82, 2.24) is 19.5 Å². The van der Waals surface area contributed by atoms with Gasteiger partial charge in [0.1, 0.15) is 0 Å². The van der Waals surface area contributed by atoms with Gasteiger partial charge in [0.25, 0.3) is 0 Å². The third-order valence-corrected chi connectivity index (χ3v) is 6.95. The number of hydrogen-bond donors (Lipinski definition) is 0. The van der Waals surface area contributed by atoms with Gasteiger partial charge in [-0.1, -0.05) is 84.9 Å². The van der Waals surface area contributed by atoms with Crippen LogP contribution in [0.2, 0.25) is 5.28 Å². The van der Waals surface area contributed by atoms with Gasteiger partial charge in [-0.3, -0.25) is 0 Å². The molecule has 0 aliphatic rings. The van der Waals surface area contributed by atoms with Crippen LogP contribution < -0.4 is 0 Å². The lowest BCUT2D eigenvalue weighted by Gasteiger charge is -2.08. The quantitative estimate of drug-likeness (QED) is 0.239. The molecule has 4 nitrogen and oxygen atoms in total. The molecule has 0 bridgehead atoms. The van der Waals surface area contributed by atoms with E-state index in [1.807, 2.05) is 42.5 Å². The zero-order chi connectivity index (χ0) is 25.5. The molecule has 7 aromatic rings. The summed E-state index contributed by atoms with van der Waals surface area (Å²) in [6, 6.07) is 43.7. The summed E-state index contributed by atoms with van der Waals surface area (Å²) < 4.78 is 2.30. The summed E-state index contributed by atoms with van der Waals surface area (Å²) in [7, 11) is 0. The van der Waals surface area contributed by atoms with Crippen LogP contribution in [0.15, 0.2) is 127 Å². The van der Waals surface area contributed by atoms with E-state index in [9.17, 15) is 0 Å². The van der Waals surface area contributed by atoms with Gasteiger partial charge in [0.2, 0.25) is 5.28 Å². The van der Waals surface area contributed by atoms with Gasteiger partial charge in [-0.05, 0) is 65.2 Å². The fourth-order valence-corrected chi connectivity index (χ4v) is 5.18. The zero-order valence-corrected chi connectivity index (χ0v) is 21.0. The van der Waals surface area contributed by atoms with Gasteiger partial charge in [0.05, 0.1) is 11.0 Å². The molecule has 180 valence electrons. The van der Waals surface area contributed by atoms with E-state index in [1.54, 1.807) is 0 Å². The van der Waals surface area contributed by atoms with Crippen molar-refractivity contribution in [3.05, 3.63) is 133 Å². The number of aromatic nitrogens is 4. The van der Waals surface area contributed by atoms with Crippen LogP contribution in [-0.4, -0.2) is 19.5 Å². The fraction of sp³-hybridized carbons (Fsp3) is 0.